The van der Waals surface area contributed by atoms with Crippen molar-refractivity contribution in [3.05, 3.63) is 12.2 Å². The van der Waals surface area contributed by atoms with Gasteiger partial charge in [0.2, 0.25) is 65.0 Å². The number of aliphatic hydroxyl groups excluding tert-OH is 1. The van der Waals surface area contributed by atoms with Crippen LogP contribution < -0.4 is 21.3 Å². The number of allylic oxidation sites excluding steroid dienone is 2. The Morgan fingerprint density at radius 2 is 0.878 bits per heavy atom. The highest BCUT2D eigenvalue weighted by Crippen LogP contribution is 2.23. The molecule has 82 heavy (non-hydrogen) atoms. The van der Waals surface area contributed by atoms with Crippen molar-refractivity contribution in [1.82, 2.24) is 55.6 Å². The van der Waals surface area contributed by atoms with Crippen LogP contribution in [0, 0.1) is 35.5 Å². The first-order chi connectivity index (χ1) is 37.9. The van der Waals surface area contributed by atoms with Gasteiger partial charge in [-0.1, -0.05) is 95.2 Å². The molecule has 0 aromatic rings. The third-order valence-electron chi connectivity index (χ3n) is 15.2. The molecule has 1 rings (SSSR count). The number of aliphatic hydroxyl groups is 1. The summed E-state index contributed by atoms with van der Waals surface area (Å²) in [5, 5.41) is 22.8. The Labute approximate surface area is 489 Å². The van der Waals surface area contributed by atoms with Gasteiger partial charge in [0.1, 0.15) is 54.4 Å². The molecular weight excluding hydrogens is 1050 g/mol. The first-order valence-electron chi connectivity index (χ1n) is 29.2. The largest absolute Gasteiger partial charge is 0.390 e. The van der Waals surface area contributed by atoms with E-state index in [4.69, 9.17) is 0 Å². The maximum Gasteiger partial charge on any atom is 0.246 e. The summed E-state index contributed by atoms with van der Waals surface area (Å²) in [5.74, 6) is -9.12. The lowest BCUT2D eigenvalue weighted by Crippen LogP contribution is -2.61. The van der Waals surface area contributed by atoms with Crippen LogP contribution in [0.15, 0.2) is 12.2 Å². The maximum atomic E-state index is 14.7. The smallest absolute Gasteiger partial charge is 0.246 e. The zero-order valence-electron chi connectivity index (χ0n) is 53.6. The Bertz CT molecular complexity index is 2240. The SMILES string of the molecule is C/C=C/C[C@@H](C)[C@@H](O)C1C(=O)N[C@@H](CC)C(=O)N(C)CC(=O)N(C)[C@@H](CC(C)C)C(=O)N[C@@H](C(C)C)C(=O)N(C)[C@@H](CC(C)C)C(=O)N[C@@H](C)C(=O)N[C@H](C)C(=O)N(C)[C@@H](CC(C)C)C(=O)N(C)[C@@H](CC(C)C)C(=O)N(C)CC(=O)N1C. The van der Waals surface area contributed by atoms with Gasteiger partial charge in [-0.25, -0.2) is 0 Å². The lowest BCUT2D eigenvalue weighted by Gasteiger charge is -2.38. The minimum absolute atomic E-state index is 0.0282. The molecule has 5 N–H and O–H groups in total. The van der Waals surface area contributed by atoms with Gasteiger partial charge in [-0.05, 0) is 94.8 Å². The molecular formula is C59H105N11O12. The molecule has 1 heterocycles. The van der Waals surface area contributed by atoms with Crippen LogP contribution in [-0.2, 0) is 52.7 Å². The average molecular weight is 1160 g/mol. The molecule has 0 aromatic carbocycles. The maximum absolute atomic E-state index is 14.7. The number of amides is 11. The summed E-state index contributed by atoms with van der Waals surface area (Å²) in [6, 6.07) is -11.0. The van der Waals surface area contributed by atoms with Crippen LogP contribution in [0.1, 0.15) is 142 Å². The third kappa shape index (κ3) is 21.2. The fraction of sp³-hybridized carbons (Fsp3) is 0.780. The highest BCUT2D eigenvalue weighted by atomic mass is 16.3. The van der Waals surface area contributed by atoms with Gasteiger partial charge < -0.3 is 60.7 Å². The second-order valence-electron chi connectivity index (χ2n) is 24.7. The molecule has 0 aromatic heterocycles. The molecule has 1 fully saturated rings. The van der Waals surface area contributed by atoms with Crippen LogP contribution in [0.4, 0.5) is 0 Å². The topological polar surface area (TPSA) is 279 Å². The first kappa shape index (κ1) is 73.9. The summed E-state index contributed by atoms with van der Waals surface area (Å²) >= 11 is 0. The van der Waals surface area contributed by atoms with Crippen LogP contribution in [-0.4, -0.2) is 227 Å². The zero-order chi connectivity index (χ0) is 63.5. The van der Waals surface area contributed by atoms with Crippen molar-refractivity contribution in [2.45, 2.75) is 203 Å². The van der Waals surface area contributed by atoms with E-state index < -0.39 is 150 Å². The van der Waals surface area contributed by atoms with Crippen molar-refractivity contribution in [3.8, 4) is 0 Å². The van der Waals surface area contributed by atoms with Crippen LogP contribution in [0.3, 0.4) is 0 Å². The Balaban J connectivity index is 4.17. The Morgan fingerprint density at radius 3 is 1.34 bits per heavy atom. The summed E-state index contributed by atoms with van der Waals surface area (Å²) in [4.78, 5) is 166. The van der Waals surface area contributed by atoms with Crippen molar-refractivity contribution in [3.63, 3.8) is 0 Å². The molecule has 1 saturated heterocycles. The van der Waals surface area contributed by atoms with Crippen LogP contribution in [0.5, 0.6) is 0 Å². The fourth-order valence-corrected chi connectivity index (χ4v) is 9.87. The average Bonchev–Trinajstić information content (AvgIpc) is 3.55. The second-order valence-corrected chi connectivity index (χ2v) is 24.7. The number of carbonyl (C=O) groups excluding carboxylic acids is 11. The monoisotopic (exact) mass is 1160 g/mol. The molecule has 1 aliphatic rings. The van der Waals surface area contributed by atoms with Gasteiger partial charge in [-0.2, -0.15) is 0 Å². The van der Waals surface area contributed by atoms with Gasteiger partial charge in [0.25, 0.3) is 0 Å². The van der Waals surface area contributed by atoms with E-state index in [1.165, 1.54) is 82.8 Å². The van der Waals surface area contributed by atoms with E-state index >= 15 is 0 Å². The van der Waals surface area contributed by atoms with Gasteiger partial charge in [-0.3, -0.25) is 52.7 Å². The van der Waals surface area contributed by atoms with Gasteiger partial charge in [0.05, 0.1) is 19.2 Å². The molecule has 0 spiro atoms. The standard InChI is InChI=1S/C59H105N11O12/c1-23-25-26-38(13)50(73)49-54(77)62-41(24-2)56(79)64(16)31-46(71)66(18)42(27-33(3)4)53(76)63-48(37(11)12)59(82)67(19)43(28-34(5)6)52(75)60-39(14)51(74)61-40(15)55(78)68(20)45(30-36(9)10)58(81)69(21)44(29-35(7)8)57(80)65(17)32-47(72)70(49)22/h23,25,33-45,48-50,73H,24,26-32H2,1-22H3,(H,60,75)(H,61,74)(H,62,77)(H,63,76)/b25-23+/t38-,39+,40-,41+,42+,43+,44+,45+,48+,49?,50-/m1/s1. The van der Waals surface area contributed by atoms with E-state index in [1.807, 2.05) is 55.4 Å². The minimum Gasteiger partial charge on any atom is -0.390 e. The van der Waals surface area contributed by atoms with Gasteiger partial charge in [0, 0.05) is 49.3 Å². The van der Waals surface area contributed by atoms with E-state index in [1.54, 1.807) is 46.8 Å². The Kier molecular flexibility index (Phi) is 30.5. The number of hydrogen-bond acceptors (Lipinski definition) is 12. The molecule has 468 valence electrons. The summed E-state index contributed by atoms with van der Waals surface area (Å²) in [7, 11) is 9.78. The number of nitrogens with zero attached hydrogens (tertiary/aromatic N) is 7. The van der Waals surface area contributed by atoms with E-state index in [0.29, 0.717) is 6.42 Å². The predicted molar refractivity (Wildman–Crippen MR) is 315 cm³/mol. The van der Waals surface area contributed by atoms with Crippen molar-refractivity contribution in [2.75, 3.05) is 62.4 Å². The van der Waals surface area contributed by atoms with E-state index in [2.05, 4.69) is 21.3 Å². The molecule has 0 bridgehead atoms. The Morgan fingerprint density at radius 1 is 0.476 bits per heavy atom. The lowest BCUT2D eigenvalue weighted by atomic mass is 9.92. The summed E-state index contributed by atoms with van der Waals surface area (Å²) in [5.41, 5.74) is 0. The number of rotatable bonds is 14. The second kappa shape index (κ2) is 33.8. The molecule has 0 saturated carbocycles. The van der Waals surface area contributed by atoms with E-state index in [0.717, 1.165) is 14.7 Å². The fourth-order valence-electron chi connectivity index (χ4n) is 9.87. The number of hydrogen-bond donors (Lipinski definition) is 5. The van der Waals surface area contributed by atoms with Gasteiger partial charge >= 0.3 is 0 Å². The number of likely N-dealkylation sites (N-methyl/N-ethyl adjacent to an activating group) is 7. The van der Waals surface area contributed by atoms with Crippen LogP contribution in [0.25, 0.3) is 0 Å². The molecule has 11 atom stereocenters. The minimum atomic E-state index is -1.58. The van der Waals surface area contributed by atoms with Gasteiger partial charge in [-0.15, -0.1) is 0 Å². The quantitative estimate of drug-likeness (QED) is 0.157. The molecule has 0 aliphatic carbocycles. The summed E-state index contributed by atoms with van der Waals surface area (Å²) in [6.45, 7) is 25.2. The zero-order valence-corrected chi connectivity index (χ0v) is 53.6. The summed E-state index contributed by atoms with van der Waals surface area (Å²) < 4.78 is 0. The number of nitrogens with one attached hydrogen (secondary N) is 4. The normalized spacial score (nSPS) is 26.5. The van der Waals surface area contributed by atoms with E-state index in [9.17, 15) is 57.8 Å². The molecule has 23 heteroatoms. The molecule has 1 unspecified atom stereocenters. The van der Waals surface area contributed by atoms with Crippen LogP contribution >= 0.6 is 0 Å². The van der Waals surface area contributed by atoms with Crippen molar-refractivity contribution in [1.29, 1.82) is 0 Å². The summed E-state index contributed by atoms with van der Waals surface area (Å²) in [6.07, 6.45) is 3.07. The molecule has 11 amide bonds. The highest BCUT2D eigenvalue weighted by molar-refractivity contribution is 5.99. The predicted octanol–water partition coefficient (Wildman–Crippen LogP) is 2.24. The third-order valence-corrected chi connectivity index (χ3v) is 15.2. The molecule has 0 radical (unpaired) electrons. The molecule has 23 nitrogen and oxygen atoms in total. The lowest BCUT2D eigenvalue weighted by molar-refractivity contribution is -0.153. The van der Waals surface area contributed by atoms with Crippen LogP contribution in [0.2, 0.25) is 0 Å². The molecule has 1 aliphatic heterocycles. The highest BCUT2D eigenvalue weighted by Gasteiger charge is 2.43. The van der Waals surface area contributed by atoms with Crippen molar-refractivity contribution >= 4 is 65.0 Å². The van der Waals surface area contributed by atoms with Gasteiger partial charge in [0.15, 0.2) is 0 Å². The van der Waals surface area contributed by atoms with E-state index in [-0.39, 0.29) is 55.8 Å². The Hall–Kier alpha value is -6.13. The van der Waals surface area contributed by atoms with Crippen molar-refractivity contribution < 1.29 is 57.8 Å². The van der Waals surface area contributed by atoms with Crippen molar-refractivity contribution in [2.24, 2.45) is 35.5 Å². The first-order valence-corrected chi connectivity index (χ1v) is 29.2. The number of carbonyl (C=O) groups is 11.